The van der Waals surface area contributed by atoms with Crippen LogP contribution in [0.3, 0.4) is 0 Å². The van der Waals surface area contributed by atoms with Crippen LogP contribution < -0.4 is 5.56 Å². The summed E-state index contributed by atoms with van der Waals surface area (Å²) in [7, 11) is 0. The molecule has 0 spiro atoms. The molecule has 1 heterocycles. The van der Waals surface area contributed by atoms with E-state index in [1.165, 1.54) is 17.8 Å². The van der Waals surface area contributed by atoms with Gasteiger partial charge < -0.3 is 4.98 Å². The Morgan fingerprint density at radius 2 is 2.33 bits per heavy atom. The maximum Gasteiger partial charge on any atom is 0.247 e. The topological polar surface area (TPSA) is 49.9 Å². The predicted octanol–water partition coefficient (Wildman–Crippen LogP) is 1.40. The number of hydrogen-bond donors (Lipinski definition) is 1. The van der Waals surface area contributed by atoms with Gasteiger partial charge in [-0.2, -0.15) is 0 Å². The average molecular weight is 221 g/mol. The summed E-state index contributed by atoms with van der Waals surface area (Å²) in [6.07, 6.45) is 2.25. The lowest BCUT2D eigenvalue weighted by molar-refractivity contribution is -0.109. The van der Waals surface area contributed by atoms with E-state index < -0.39 is 0 Å². The molecule has 0 atom stereocenters. The number of hydrogen-bond acceptors (Lipinski definition) is 3. The number of H-pyrrole nitrogens is 1. The predicted molar refractivity (Wildman–Crippen MR) is 61.7 cm³/mol. The van der Waals surface area contributed by atoms with Gasteiger partial charge in [0.05, 0.1) is 0 Å². The molecule has 0 bridgehead atoms. The van der Waals surface area contributed by atoms with Crippen molar-refractivity contribution in [3.8, 4) is 11.8 Å². The summed E-state index contributed by atoms with van der Waals surface area (Å²) in [4.78, 5) is 23.9. The first kappa shape index (κ1) is 11.6. The van der Waals surface area contributed by atoms with Crippen LogP contribution >= 0.6 is 11.8 Å². The zero-order valence-electron chi connectivity index (χ0n) is 8.37. The Hall–Kier alpha value is -1.47. The van der Waals surface area contributed by atoms with Crippen molar-refractivity contribution in [1.82, 2.24) is 4.98 Å². The first-order valence-corrected chi connectivity index (χ1v) is 5.48. The number of nitrogens with one attached hydrogen (secondary N) is 1. The van der Waals surface area contributed by atoms with Gasteiger partial charge in [-0.1, -0.05) is 23.6 Å². The van der Waals surface area contributed by atoms with Crippen LogP contribution in [-0.4, -0.2) is 15.9 Å². The summed E-state index contributed by atoms with van der Waals surface area (Å²) in [6, 6.07) is 3.11. The molecule has 4 heteroatoms. The fraction of sp³-hybridized carbons (Fsp3) is 0.273. The number of aromatic amines is 1. The lowest BCUT2D eigenvalue weighted by atomic mass is 10.3. The quantitative estimate of drug-likeness (QED) is 0.606. The molecule has 0 aliphatic carbocycles. The molecular weight excluding hydrogens is 210 g/mol. The average Bonchev–Trinajstić information content (AvgIpc) is 2.20. The molecule has 0 aromatic carbocycles. The highest BCUT2D eigenvalue weighted by molar-refractivity contribution is 8.13. The number of carbonyl (C=O) groups excluding carboxylic acids is 1. The normalized spacial score (nSPS) is 9.13. The zero-order chi connectivity index (χ0) is 11.1. The molecular formula is C11H11NO2S. The van der Waals surface area contributed by atoms with E-state index >= 15 is 0 Å². The van der Waals surface area contributed by atoms with Crippen LogP contribution in [0.4, 0.5) is 0 Å². The van der Waals surface area contributed by atoms with Crippen LogP contribution in [0.2, 0.25) is 0 Å². The number of pyridine rings is 1. The molecule has 0 amide bonds. The highest BCUT2D eigenvalue weighted by Crippen LogP contribution is 2.02. The van der Waals surface area contributed by atoms with Gasteiger partial charge in [0.25, 0.3) is 0 Å². The standard InChI is InChI=1S/C11H11NO2S/c1-9(13)15-7-3-2-4-10-5-6-11(14)12-8-10/h5-6,8H,3,7H2,1H3,(H,12,14). The third kappa shape index (κ3) is 5.08. The van der Waals surface area contributed by atoms with Crippen molar-refractivity contribution in [3.63, 3.8) is 0 Å². The highest BCUT2D eigenvalue weighted by Gasteiger charge is 1.90. The summed E-state index contributed by atoms with van der Waals surface area (Å²) in [5.41, 5.74) is 0.648. The van der Waals surface area contributed by atoms with Crippen LogP contribution in [0, 0.1) is 11.8 Å². The van der Waals surface area contributed by atoms with Crippen LogP contribution in [0.15, 0.2) is 23.1 Å². The summed E-state index contributed by atoms with van der Waals surface area (Å²) in [5, 5.41) is 0.112. The fourth-order valence-corrected chi connectivity index (χ4v) is 1.39. The molecule has 0 saturated heterocycles. The summed E-state index contributed by atoms with van der Waals surface area (Å²) in [6.45, 7) is 1.54. The molecule has 1 aromatic rings. The molecule has 1 N–H and O–H groups in total. The Kier molecular flexibility index (Phi) is 4.72. The molecule has 0 aliphatic heterocycles. The molecule has 0 saturated carbocycles. The van der Waals surface area contributed by atoms with E-state index in [0.717, 1.165) is 5.56 Å². The summed E-state index contributed by atoms with van der Waals surface area (Å²) in [5.74, 6) is 6.55. The SMILES string of the molecule is CC(=O)SCCC#Cc1ccc(=O)[nH]c1. The van der Waals surface area contributed by atoms with Crippen molar-refractivity contribution in [1.29, 1.82) is 0 Å². The van der Waals surface area contributed by atoms with Gasteiger partial charge in [-0.05, 0) is 6.07 Å². The van der Waals surface area contributed by atoms with Crippen molar-refractivity contribution in [2.75, 3.05) is 5.75 Å². The fourth-order valence-electron chi connectivity index (χ4n) is 0.899. The first-order valence-electron chi connectivity index (χ1n) is 4.49. The molecule has 0 unspecified atom stereocenters. The number of thioether (sulfide) groups is 1. The van der Waals surface area contributed by atoms with Crippen molar-refractivity contribution in [3.05, 3.63) is 34.2 Å². The zero-order valence-corrected chi connectivity index (χ0v) is 9.19. The van der Waals surface area contributed by atoms with E-state index in [1.54, 1.807) is 19.2 Å². The monoisotopic (exact) mass is 221 g/mol. The number of rotatable bonds is 2. The maximum atomic E-state index is 10.7. The third-order valence-electron chi connectivity index (χ3n) is 1.55. The molecule has 1 aromatic heterocycles. The Balaban J connectivity index is 2.41. The molecule has 0 fully saturated rings. The van der Waals surface area contributed by atoms with Crippen molar-refractivity contribution >= 4 is 16.9 Å². The summed E-state index contributed by atoms with van der Waals surface area (Å²) >= 11 is 1.27. The van der Waals surface area contributed by atoms with Gasteiger partial charge in [0.2, 0.25) is 5.56 Å². The Bertz CT molecular complexity index is 433. The Morgan fingerprint density at radius 1 is 1.53 bits per heavy atom. The van der Waals surface area contributed by atoms with Gasteiger partial charge >= 0.3 is 0 Å². The van der Waals surface area contributed by atoms with Gasteiger partial charge in [0, 0.05) is 36.9 Å². The van der Waals surface area contributed by atoms with Gasteiger partial charge in [-0.15, -0.1) is 0 Å². The lowest BCUT2D eigenvalue weighted by Crippen LogP contribution is -2.01. The molecule has 0 radical (unpaired) electrons. The van der Waals surface area contributed by atoms with E-state index in [0.29, 0.717) is 12.2 Å². The van der Waals surface area contributed by atoms with Crippen LogP contribution in [0.25, 0.3) is 0 Å². The molecule has 0 aliphatic rings. The van der Waals surface area contributed by atoms with Gasteiger partial charge in [0.15, 0.2) is 5.12 Å². The Morgan fingerprint density at radius 3 is 2.93 bits per heavy atom. The first-order chi connectivity index (χ1) is 7.18. The number of aromatic nitrogens is 1. The highest BCUT2D eigenvalue weighted by atomic mass is 32.2. The molecule has 3 nitrogen and oxygen atoms in total. The van der Waals surface area contributed by atoms with Crippen molar-refractivity contribution < 1.29 is 4.79 Å². The Labute approximate surface area is 92.3 Å². The molecule has 78 valence electrons. The largest absolute Gasteiger partial charge is 0.328 e. The minimum atomic E-state index is -0.132. The lowest BCUT2D eigenvalue weighted by Gasteiger charge is -1.89. The third-order valence-corrected chi connectivity index (χ3v) is 2.36. The van der Waals surface area contributed by atoms with Gasteiger partial charge in [0.1, 0.15) is 0 Å². The van der Waals surface area contributed by atoms with E-state index in [9.17, 15) is 9.59 Å². The minimum absolute atomic E-state index is 0.112. The second-order valence-corrected chi connectivity index (χ2v) is 4.11. The van der Waals surface area contributed by atoms with Crippen LogP contribution in [0.1, 0.15) is 18.9 Å². The molecule has 1 rings (SSSR count). The molecule has 15 heavy (non-hydrogen) atoms. The maximum absolute atomic E-state index is 10.7. The minimum Gasteiger partial charge on any atom is -0.328 e. The van der Waals surface area contributed by atoms with Crippen molar-refractivity contribution in [2.24, 2.45) is 0 Å². The van der Waals surface area contributed by atoms with E-state index in [1.807, 2.05) is 0 Å². The van der Waals surface area contributed by atoms with E-state index in [4.69, 9.17) is 0 Å². The van der Waals surface area contributed by atoms with Crippen LogP contribution in [0.5, 0.6) is 0 Å². The van der Waals surface area contributed by atoms with Gasteiger partial charge in [-0.3, -0.25) is 9.59 Å². The van der Waals surface area contributed by atoms with Gasteiger partial charge in [-0.25, -0.2) is 0 Å². The second kappa shape index (κ2) is 6.10. The van der Waals surface area contributed by atoms with E-state index in [-0.39, 0.29) is 10.7 Å². The van der Waals surface area contributed by atoms with Crippen LogP contribution in [-0.2, 0) is 4.79 Å². The van der Waals surface area contributed by atoms with E-state index in [2.05, 4.69) is 16.8 Å². The number of carbonyl (C=O) groups is 1. The summed E-state index contributed by atoms with van der Waals surface area (Å²) < 4.78 is 0. The second-order valence-electron chi connectivity index (χ2n) is 2.83. The van der Waals surface area contributed by atoms with Crippen molar-refractivity contribution in [2.45, 2.75) is 13.3 Å². The smallest absolute Gasteiger partial charge is 0.247 e.